The number of hydrogen-bond donors (Lipinski definition) is 1. The Labute approximate surface area is 146 Å². The summed E-state index contributed by atoms with van der Waals surface area (Å²) in [6.45, 7) is 6.78. The van der Waals surface area contributed by atoms with Crippen molar-refractivity contribution in [2.45, 2.75) is 52.2 Å². The Morgan fingerprint density at radius 3 is 2.54 bits per heavy atom. The molecule has 2 atom stereocenters. The summed E-state index contributed by atoms with van der Waals surface area (Å²) in [6.07, 6.45) is 1.40. The molecule has 0 unspecified atom stereocenters. The highest BCUT2D eigenvalue weighted by atomic mass is 32.1. The lowest BCUT2D eigenvalue weighted by molar-refractivity contribution is -0.127. The van der Waals surface area contributed by atoms with Gasteiger partial charge in [0.15, 0.2) is 0 Å². The number of rotatable bonds is 5. The average molecular weight is 348 g/mol. The first-order chi connectivity index (χ1) is 11.4. The van der Waals surface area contributed by atoms with Crippen LogP contribution in [0.15, 0.2) is 0 Å². The van der Waals surface area contributed by atoms with E-state index >= 15 is 0 Å². The van der Waals surface area contributed by atoms with Gasteiger partial charge >= 0.3 is 0 Å². The highest BCUT2D eigenvalue weighted by Crippen LogP contribution is 2.35. The van der Waals surface area contributed by atoms with Crippen molar-refractivity contribution in [1.82, 2.24) is 30.2 Å². The van der Waals surface area contributed by atoms with Crippen LogP contribution in [0.2, 0.25) is 0 Å². The summed E-state index contributed by atoms with van der Waals surface area (Å²) in [5, 5.41) is 18.4. The first-order valence-corrected chi connectivity index (χ1v) is 9.04. The first kappa shape index (κ1) is 17.0. The maximum Gasteiger partial charge on any atom is 0.224 e. The highest BCUT2D eigenvalue weighted by molar-refractivity contribution is 7.11. The molecule has 1 aliphatic heterocycles. The number of nitrogens with zero attached hydrogens (tertiary/aromatic N) is 5. The van der Waals surface area contributed by atoms with Gasteiger partial charge in [0.1, 0.15) is 10.0 Å². The lowest BCUT2D eigenvalue weighted by Crippen LogP contribution is -2.35. The molecule has 0 spiro atoms. The monoisotopic (exact) mass is 348 g/mol. The molecule has 1 N–H and O–H groups in total. The molecule has 1 aliphatic rings. The summed E-state index contributed by atoms with van der Waals surface area (Å²) in [4.78, 5) is 14.1. The number of carbonyl (C=O) groups excluding carboxylic acids is 1. The van der Waals surface area contributed by atoms with Gasteiger partial charge in [-0.3, -0.25) is 9.48 Å². The van der Waals surface area contributed by atoms with Gasteiger partial charge in [-0.05, 0) is 20.3 Å². The molecule has 0 radical (unpaired) electrons. The Bertz CT molecular complexity index is 752. The number of likely N-dealkylation sites (tertiary alicyclic amines) is 1. The molecular formula is C16H24N6OS. The predicted octanol–water partition coefficient (Wildman–Crippen LogP) is 1.51. The molecule has 8 heteroatoms. The van der Waals surface area contributed by atoms with Crippen molar-refractivity contribution in [2.75, 3.05) is 7.05 Å². The molecule has 1 fully saturated rings. The Hall–Kier alpha value is -1.80. The second kappa shape index (κ2) is 6.60. The van der Waals surface area contributed by atoms with Gasteiger partial charge in [0.25, 0.3) is 0 Å². The molecule has 0 bridgehead atoms. The summed E-state index contributed by atoms with van der Waals surface area (Å²) in [5.74, 6) is 0.159. The fourth-order valence-electron chi connectivity index (χ4n) is 3.39. The van der Waals surface area contributed by atoms with E-state index in [4.69, 9.17) is 0 Å². The molecular weight excluding hydrogens is 324 g/mol. The van der Waals surface area contributed by atoms with Crippen LogP contribution in [0.4, 0.5) is 0 Å². The minimum atomic E-state index is 0.00441. The van der Waals surface area contributed by atoms with Crippen LogP contribution in [-0.4, -0.2) is 43.9 Å². The van der Waals surface area contributed by atoms with Crippen LogP contribution in [0.1, 0.15) is 46.4 Å². The number of amides is 1. The van der Waals surface area contributed by atoms with Crippen LogP contribution >= 0.6 is 11.3 Å². The molecule has 0 aliphatic carbocycles. The smallest absolute Gasteiger partial charge is 0.224 e. The van der Waals surface area contributed by atoms with Gasteiger partial charge < -0.3 is 10.2 Å². The molecule has 0 saturated carbocycles. The maximum absolute atomic E-state index is 12.3. The van der Waals surface area contributed by atoms with Crippen molar-refractivity contribution in [3.8, 4) is 0 Å². The van der Waals surface area contributed by atoms with Gasteiger partial charge in [0.2, 0.25) is 5.91 Å². The van der Waals surface area contributed by atoms with Crippen LogP contribution in [0, 0.1) is 13.8 Å². The van der Waals surface area contributed by atoms with Crippen molar-refractivity contribution < 1.29 is 4.79 Å². The SMILES string of the molecule is CCc1nnc(CN[C@@H]2CC(=O)N(C)[C@H]2c2c(C)nn(C)c2C)s1. The zero-order valence-electron chi connectivity index (χ0n) is 14.8. The Balaban J connectivity index is 1.81. The number of carbonyl (C=O) groups is 1. The predicted molar refractivity (Wildman–Crippen MR) is 92.7 cm³/mol. The van der Waals surface area contributed by atoms with Crippen LogP contribution in [-0.2, 0) is 24.8 Å². The van der Waals surface area contributed by atoms with Crippen LogP contribution in [0.3, 0.4) is 0 Å². The summed E-state index contributed by atoms with van der Waals surface area (Å²) < 4.78 is 1.89. The largest absolute Gasteiger partial charge is 0.337 e. The van der Waals surface area contributed by atoms with E-state index in [1.165, 1.54) is 0 Å². The standard InChI is InChI=1S/C16H24N6OS/c1-6-12-18-19-13(24-12)8-17-11-7-14(23)21(4)16(11)15-9(2)20-22(5)10(15)3/h11,16-17H,6-8H2,1-5H3/t11-,16-/m1/s1. The Morgan fingerprint density at radius 2 is 1.96 bits per heavy atom. The molecule has 24 heavy (non-hydrogen) atoms. The minimum Gasteiger partial charge on any atom is -0.337 e. The van der Waals surface area contributed by atoms with Crippen LogP contribution in [0.5, 0.6) is 0 Å². The van der Waals surface area contributed by atoms with Crippen molar-refractivity contribution in [2.24, 2.45) is 7.05 Å². The molecule has 1 saturated heterocycles. The quantitative estimate of drug-likeness (QED) is 0.886. The summed E-state index contributed by atoms with van der Waals surface area (Å²) in [5.41, 5.74) is 3.24. The summed E-state index contributed by atoms with van der Waals surface area (Å²) in [6, 6.07) is 0.0582. The Kier molecular flexibility index (Phi) is 4.69. The van der Waals surface area contributed by atoms with Gasteiger partial charge in [-0.15, -0.1) is 21.5 Å². The van der Waals surface area contributed by atoms with Crippen molar-refractivity contribution in [3.63, 3.8) is 0 Å². The van der Waals surface area contributed by atoms with E-state index in [0.717, 1.165) is 33.4 Å². The average Bonchev–Trinajstić information content (AvgIpc) is 3.18. The number of aryl methyl sites for hydroxylation is 3. The van der Waals surface area contributed by atoms with E-state index in [1.54, 1.807) is 11.3 Å². The van der Waals surface area contributed by atoms with E-state index in [1.807, 2.05) is 30.6 Å². The second-order valence-electron chi connectivity index (χ2n) is 6.29. The molecule has 130 valence electrons. The summed E-state index contributed by atoms with van der Waals surface area (Å²) >= 11 is 1.63. The second-order valence-corrected chi connectivity index (χ2v) is 7.44. The molecule has 2 aromatic heterocycles. The third kappa shape index (κ3) is 2.95. The molecule has 1 amide bonds. The highest BCUT2D eigenvalue weighted by Gasteiger charge is 2.40. The van der Waals surface area contributed by atoms with Gasteiger partial charge in [0, 0.05) is 37.8 Å². The number of likely N-dealkylation sites (N-methyl/N-ethyl adjacent to an activating group) is 1. The first-order valence-electron chi connectivity index (χ1n) is 8.22. The zero-order chi connectivity index (χ0) is 17.4. The van der Waals surface area contributed by atoms with Gasteiger partial charge in [-0.2, -0.15) is 5.10 Å². The minimum absolute atomic E-state index is 0.00441. The number of nitrogens with one attached hydrogen (secondary N) is 1. The topological polar surface area (TPSA) is 75.9 Å². The third-order valence-corrected chi connectivity index (χ3v) is 5.84. The molecule has 0 aromatic carbocycles. The molecule has 3 rings (SSSR count). The molecule has 2 aromatic rings. The zero-order valence-corrected chi connectivity index (χ0v) is 15.6. The normalized spacial score (nSPS) is 21.0. The fourth-order valence-corrected chi connectivity index (χ4v) is 4.12. The van der Waals surface area contributed by atoms with Gasteiger partial charge in [0.05, 0.1) is 18.3 Å². The Morgan fingerprint density at radius 1 is 1.25 bits per heavy atom. The van der Waals surface area contributed by atoms with E-state index in [2.05, 4.69) is 34.5 Å². The fraction of sp³-hybridized carbons (Fsp3) is 0.625. The van der Waals surface area contributed by atoms with E-state index in [0.29, 0.717) is 13.0 Å². The number of aromatic nitrogens is 4. The lowest BCUT2D eigenvalue weighted by Gasteiger charge is -2.26. The van der Waals surface area contributed by atoms with E-state index in [-0.39, 0.29) is 18.0 Å². The van der Waals surface area contributed by atoms with E-state index < -0.39 is 0 Å². The molecule has 3 heterocycles. The lowest BCUT2D eigenvalue weighted by atomic mass is 9.98. The van der Waals surface area contributed by atoms with Gasteiger partial charge in [-0.25, -0.2) is 0 Å². The van der Waals surface area contributed by atoms with Gasteiger partial charge in [-0.1, -0.05) is 6.92 Å². The van der Waals surface area contributed by atoms with Crippen molar-refractivity contribution in [3.05, 3.63) is 27.0 Å². The van der Waals surface area contributed by atoms with Crippen LogP contribution < -0.4 is 5.32 Å². The van der Waals surface area contributed by atoms with E-state index in [9.17, 15) is 4.79 Å². The van der Waals surface area contributed by atoms with Crippen molar-refractivity contribution in [1.29, 1.82) is 0 Å². The maximum atomic E-state index is 12.3. The van der Waals surface area contributed by atoms with Crippen molar-refractivity contribution >= 4 is 17.2 Å². The third-order valence-electron chi connectivity index (χ3n) is 4.77. The summed E-state index contributed by atoms with van der Waals surface area (Å²) in [7, 11) is 3.82. The number of hydrogen-bond acceptors (Lipinski definition) is 6. The van der Waals surface area contributed by atoms with Crippen LogP contribution in [0.25, 0.3) is 0 Å². The molecule has 7 nitrogen and oxygen atoms in total.